The van der Waals surface area contributed by atoms with Crippen molar-refractivity contribution in [3.8, 4) is 0 Å². The molecule has 0 aromatic rings. The molecule has 84 valence electrons. The molecule has 0 bridgehead atoms. The topological polar surface area (TPSA) is 46.5 Å². The van der Waals surface area contributed by atoms with Crippen LogP contribution in [-0.4, -0.2) is 23.8 Å². The van der Waals surface area contributed by atoms with Crippen LogP contribution in [0.4, 0.5) is 0 Å². The monoisotopic (exact) mass is 210 g/mol. The summed E-state index contributed by atoms with van der Waals surface area (Å²) in [7, 11) is 0. The van der Waals surface area contributed by atoms with Gasteiger partial charge in [-0.05, 0) is 38.5 Å². The molecule has 1 N–H and O–H groups in total. The van der Waals surface area contributed by atoms with E-state index in [0.29, 0.717) is 13.0 Å². The van der Waals surface area contributed by atoms with Crippen molar-refractivity contribution in [2.75, 3.05) is 6.61 Å². The van der Waals surface area contributed by atoms with Gasteiger partial charge in [0.1, 0.15) is 5.41 Å². The van der Waals surface area contributed by atoms with E-state index in [-0.39, 0.29) is 12.0 Å². The molecule has 1 aliphatic carbocycles. The second-order valence-corrected chi connectivity index (χ2v) is 4.57. The van der Waals surface area contributed by atoms with Crippen molar-refractivity contribution in [2.45, 2.75) is 38.7 Å². The van der Waals surface area contributed by atoms with Crippen molar-refractivity contribution in [1.29, 1.82) is 0 Å². The Hall–Kier alpha value is -0.830. The molecule has 0 radical (unpaired) electrons. The van der Waals surface area contributed by atoms with Crippen molar-refractivity contribution in [1.82, 2.24) is 0 Å². The molecule has 3 nitrogen and oxygen atoms in total. The fourth-order valence-corrected chi connectivity index (χ4v) is 2.92. The number of carboxylic acids is 1. The van der Waals surface area contributed by atoms with Gasteiger partial charge in [0.25, 0.3) is 0 Å². The van der Waals surface area contributed by atoms with Crippen LogP contribution in [0.5, 0.6) is 0 Å². The predicted octanol–water partition coefficient (Wildman–Crippen LogP) is 2.22. The minimum atomic E-state index is -0.691. The van der Waals surface area contributed by atoms with Gasteiger partial charge in [-0.1, -0.05) is 12.2 Å². The van der Waals surface area contributed by atoms with E-state index >= 15 is 0 Å². The van der Waals surface area contributed by atoms with Gasteiger partial charge in [0, 0.05) is 6.61 Å². The number of carboxylic acid groups (broad SMARTS) is 1. The van der Waals surface area contributed by atoms with Crippen molar-refractivity contribution in [3.05, 3.63) is 12.2 Å². The molecule has 1 saturated heterocycles. The molecule has 1 aliphatic heterocycles. The van der Waals surface area contributed by atoms with E-state index in [1.54, 1.807) is 0 Å². The normalized spacial score (nSPS) is 40.6. The van der Waals surface area contributed by atoms with Gasteiger partial charge in [-0.3, -0.25) is 4.79 Å². The van der Waals surface area contributed by atoms with E-state index in [1.807, 2.05) is 6.92 Å². The molecular weight excluding hydrogens is 192 g/mol. The van der Waals surface area contributed by atoms with Crippen LogP contribution in [0.25, 0.3) is 0 Å². The van der Waals surface area contributed by atoms with Crippen molar-refractivity contribution in [3.63, 3.8) is 0 Å². The maximum atomic E-state index is 11.5. The van der Waals surface area contributed by atoms with E-state index in [9.17, 15) is 9.90 Å². The lowest BCUT2D eigenvalue weighted by Gasteiger charge is -2.35. The molecule has 2 aliphatic rings. The first-order valence-corrected chi connectivity index (χ1v) is 5.69. The predicted molar refractivity (Wildman–Crippen MR) is 56.6 cm³/mol. The average molecular weight is 210 g/mol. The molecule has 2 rings (SSSR count). The Morgan fingerprint density at radius 2 is 2.40 bits per heavy atom. The summed E-state index contributed by atoms with van der Waals surface area (Å²) < 4.78 is 5.47. The van der Waals surface area contributed by atoms with E-state index in [2.05, 4.69) is 12.2 Å². The second-order valence-electron chi connectivity index (χ2n) is 4.57. The van der Waals surface area contributed by atoms with Gasteiger partial charge >= 0.3 is 5.97 Å². The Bertz CT molecular complexity index is 285. The fourth-order valence-electron chi connectivity index (χ4n) is 2.92. The minimum absolute atomic E-state index is 0.154. The molecule has 3 unspecified atom stereocenters. The van der Waals surface area contributed by atoms with Gasteiger partial charge in [0.2, 0.25) is 0 Å². The van der Waals surface area contributed by atoms with Crippen LogP contribution in [0.3, 0.4) is 0 Å². The summed E-state index contributed by atoms with van der Waals surface area (Å²) in [6, 6.07) is 0. The highest BCUT2D eigenvalue weighted by Gasteiger charge is 2.52. The first kappa shape index (κ1) is 10.7. The van der Waals surface area contributed by atoms with Gasteiger partial charge < -0.3 is 9.84 Å². The largest absolute Gasteiger partial charge is 0.481 e. The number of rotatable bonds is 2. The number of ether oxygens (including phenoxy) is 1. The smallest absolute Gasteiger partial charge is 0.312 e. The third-order valence-electron chi connectivity index (χ3n) is 3.92. The van der Waals surface area contributed by atoms with E-state index < -0.39 is 11.4 Å². The third kappa shape index (κ3) is 1.59. The summed E-state index contributed by atoms with van der Waals surface area (Å²) in [6.07, 6.45) is 7.86. The minimum Gasteiger partial charge on any atom is -0.481 e. The second kappa shape index (κ2) is 3.97. The molecular formula is C12H18O3. The molecule has 0 aromatic carbocycles. The summed E-state index contributed by atoms with van der Waals surface area (Å²) in [5.41, 5.74) is -0.670. The van der Waals surface area contributed by atoms with Crippen molar-refractivity contribution >= 4 is 5.97 Å². The van der Waals surface area contributed by atoms with Gasteiger partial charge in [0.05, 0.1) is 6.10 Å². The zero-order chi connectivity index (χ0) is 10.9. The Kier molecular flexibility index (Phi) is 2.83. The molecule has 0 spiro atoms. The van der Waals surface area contributed by atoms with E-state index in [4.69, 9.17) is 4.74 Å². The Labute approximate surface area is 90.1 Å². The SMILES string of the molecule is CC1OCCC1(C(=O)O)C1C=CCCC1. The average Bonchev–Trinajstić information content (AvgIpc) is 2.62. The lowest BCUT2D eigenvalue weighted by Crippen LogP contribution is -2.44. The molecule has 1 heterocycles. The number of allylic oxidation sites excluding steroid dienone is 2. The number of carbonyl (C=O) groups is 1. The fraction of sp³-hybridized carbons (Fsp3) is 0.750. The summed E-state index contributed by atoms with van der Waals surface area (Å²) in [4.78, 5) is 11.5. The quantitative estimate of drug-likeness (QED) is 0.711. The summed E-state index contributed by atoms with van der Waals surface area (Å²) in [6.45, 7) is 2.47. The highest BCUT2D eigenvalue weighted by Crippen LogP contribution is 2.46. The molecule has 3 atom stereocenters. The van der Waals surface area contributed by atoms with Crippen LogP contribution < -0.4 is 0 Å². The van der Waals surface area contributed by atoms with Crippen LogP contribution in [-0.2, 0) is 9.53 Å². The Balaban J connectivity index is 2.29. The van der Waals surface area contributed by atoms with Gasteiger partial charge in [-0.15, -0.1) is 0 Å². The highest BCUT2D eigenvalue weighted by atomic mass is 16.5. The Morgan fingerprint density at radius 3 is 2.87 bits per heavy atom. The third-order valence-corrected chi connectivity index (χ3v) is 3.92. The van der Waals surface area contributed by atoms with Crippen LogP contribution in [0.2, 0.25) is 0 Å². The number of hydrogen-bond donors (Lipinski definition) is 1. The highest BCUT2D eigenvalue weighted by molar-refractivity contribution is 5.76. The molecule has 0 saturated carbocycles. The van der Waals surface area contributed by atoms with E-state index in [0.717, 1.165) is 19.3 Å². The number of aliphatic carboxylic acids is 1. The Morgan fingerprint density at radius 1 is 1.60 bits per heavy atom. The van der Waals surface area contributed by atoms with Gasteiger partial charge in [-0.2, -0.15) is 0 Å². The molecule has 1 fully saturated rings. The van der Waals surface area contributed by atoms with Crippen LogP contribution in [0, 0.1) is 11.3 Å². The van der Waals surface area contributed by atoms with Crippen LogP contribution >= 0.6 is 0 Å². The van der Waals surface area contributed by atoms with Crippen molar-refractivity contribution in [2.24, 2.45) is 11.3 Å². The molecule has 3 heteroatoms. The first-order chi connectivity index (χ1) is 7.18. The van der Waals surface area contributed by atoms with E-state index in [1.165, 1.54) is 0 Å². The maximum Gasteiger partial charge on any atom is 0.312 e. The van der Waals surface area contributed by atoms with Crippen LogP contribution in [0.1, 0.15) is 32.6 Å². The summed E-state index contributed by atoms with van der Waals surface area (Å²) in [5.74, 6) is -0.537. The molecule has 15 heavy (non-hydrogen) atoms. The zero-order valence-electron chi connectivity index (χ0n) is 9.11. The van der Waals surface area contributed by atoms with Crippen LogP contribution in [0.15, 0.2) is 12.2 Å². The zero-order valence-corrected chi connectivity index (χ0v) is 9.11. The van der Waals surface area contributed by atoms with Crippen molar-refractivity contribution < 1.29 is 14.6 Å². The van der Waals surface area contributed by atoms with Gasteiger partial charge in [-0.25, -0.2) is 0 Å². The lowest BCUT2D eigenvalue weighted by atomic mass is 9.67. The maximum absolute atomic E-state index is 11.5. The molecule has 0 amide bonds. The molecule has 0 aromatic heterocycles. The first-order valence-electron chi connectivity index (χ1n) is 5.69. The number of hydrogen-bond acceptors (Lipinski definition) is 2. The standard InChI is InChI=1S/C12H18O3/c1-9-12(11(13)14,7-8-15-9)10-5-3-2-4-6-10/h3,5,9-10H,2,4,6-8H2,1H3,(H,13,14). The van der Waals surface area contributed by atoms with Gasteiger partial charge in [0.15, 0.2) is 0 Å². The summed E-state index contributed by atoms with van der Waals surface area (Å²) in [5, 5.41) is 9.47. The lowest BCUT2D eigenvalue weighted by molar-refractivity contribution is -0.155. The summed E-state index contributed by atoms with van der Waals surface area (Å²) >= 11 is 0.